The van der Waals surface area contributed by atoms with E-state index in [-0.39, 0.29) is 0 Å². The summed E-state index contributed by atoms with van der Waals surface area (Å²) in [6, 6.07) is 25.3. The molecule has 2 N–H and O–H groups in total. The van der Waals surface area contributed by atoms with Crippen molar-refractivity contribution in [1.82, 2.24) is 0 Å². The molecule has 0 saturated carbocycles. The predicted octanol–water partition coefficient (Wildman–Crippen LogP) is 6.87. The smallest absolute Gasteiger partial charge is 0.0470 e. The van der Waals surface area contributed by atoms with E-state index in [4.69, 9.17) is 17.3 Å². The molecule has 0 aliphatic heterocycles. The molecule has 1 nitrogen and oxygen atoms in total. The van der Waals surface area contributed by atoms with Crippen LogP contribution in [0, 0.1) is 0 Å². The molecule has 0 fully saturated rings. The Morgan fingerprint density at radius 2 is 1.48 bits per heavy atom. The quantitative estimate of drug-likeness (QED) is 0.348. The van der Waals surface area contributed by atoms with E-state index in [0.717, 1.165) is 4.90 Å². The van der Waals surface area contributed by atoms with Gasteiger partial charge in [-0.2, -0.15) is 0 Å². The van der Waals surface area contributed by atoms with Crippen molar-refractivity contribution in [2.75, 3.05) is 5.73 Å². The van der Waals surface area contributed by atoms with E-state index in [2.05, 4.69) is 54.6 Å². The van der Waals surface area contributed by atoms with E-state index in [1.807, 2.05) is 12.1 Å². The van der Waals surface area contributed by atoms with Crippen molar-refractivity contribution in [2.24, 2.45) is 0 Å². The number of benzene rings is 4. The second-order valence-electron chi connectivity index (χ2n) is 6.20. The maximum absolute atomic E-state index is 6.13. The first-order valence-corrected chi connectivity index (χ1v) is 9.29. The van der Waals surface area contributed by atoms with Crippen molar-refractivity contribution < 1.29 is 0 Å². The van der Waals surface area contributed by atoms with Gasteiger partial charge < -0.3 is 5.73 Å². The summed E-state index contributed by atoms with van der Waals surface area (Å²) in [6.07, 6.45) is 0. The molecule has 0 saturated heterocycles. The number of hydrogen-bond donors (Lipinski definition) is 1. The lowest BCUT2D eigenvalue weighted by molar-refractivity contribution is 1.43. The molecule has 0 spiro atoms. The highest BCUT2D eigenvalue weighted by molar-refractivity contribution is 7.99. The van der Waals surface area contributed by atoms with E-state index in [9.17, 15) is 0 Å². The van der Waals surface area contributed by atoms with Gasteiger partial charge in [-0.15, -0.1) is 0 Å². The van der Waals surface area contributed by atoms with Crippen LogP contribution in [-0.4, -0.2) is 0 Å². The molecule has 0 atom stereocenters. The molecular formula is C22H14ClNS. The number of hydrogen-bond acceptors (Lipinski definition) is 2. The number of fused-ring (bicyclic) bond motifs is 3. The highest BCUT2D eigenvalue weighted by Gasteiger charge is 2.21. The van der Waals surface area contributed by atoms with E-state index in [0.29, 0.717) is 10.7 Å². The van der Waals surface area contributed by atoms with E-state index in [1.54, 1.807) is 17.8 Å². The molecule has 4 aromatic carbocycles. The first-order chi connectivity index (χ1) is 12.2. The zero-order valence-electron chi connectivity index (χ0n) is 13.3. The average molecular weight is 360 g/mol. The Labute approximate surface area is 155 Å². The molecule has 0 unspecified atom stereocenters. The molecule has 0 radical (unpaired) electrons. The number of halogens is 1. The van der Waals surface area contributed by atoms with Crippen molar-refractivity contribution in [3.63, 3.8) is 0 Å². The Morgan fingerprint density at radius 1 is 0.720 bits per heavy atom. The third-order valence-electron chi connectivity index (χ3n) is 4.66. The SMILES string of the molecule is Nc1cc(Cl)ccc1Sc1cc2c3c(cccc3c1)-c1ccccc1-2. The van der Waals surface area contributed by atoms with Crippen molar-refractivity contribution >= 4 is 39.8 Å². The summed E-state index contributed by atoms with van der Waals surface area (Å²) in [5.74, 6) is 0. The van der Waals surface area contributed by atoms with E-state index < -0.39 is 0 Å². The third-order valence-corrected chi connectivity index (χ3v) is 5.96. The number of nitrogens with two attached hydrogens (primary N) is 1. The molecule has 1 aliphatic carbocycles. The first-order valence-electron chi connectivity index (χ1n) is 8.10. The largest absolute Gasteiger partial charge is 0.398 e. The molecule has 0 aromatic heterocycles. The van der Waals surface area contributed by atoms with Gasteiger partial charge in [0.1, 0.15) is 0 Å². The Hall–Kier alpha value is -2.42. The molecule has 0 amide bonds. The van der Waals surface area contributed by atoms with Crippen LogP contribution in [0.4, 0.5) is 5.69 Å². The Bertz CT molecular complexity index is 1150. The second kappa shape index (κ2) is 5.55. The fourth-order valence-corrected chi connectivity index (χ4v) is 4.70. The summed E-state index contributed by atoms with van der Waals surface area (Å²) in [5, 5.41) is 3.27. The lowest BCUT2D eigenvalue weighted by Gasteiger charge is -2.09. The van der Waals surface area contributed by atoms with Crippen LogP contribution in [0.1, 0.15) is 0 Å². The molecule has 3 heteroatoms. The molecule has 4 aromatic rings. The van der Waals surface area contributed by atoms with Crippen LogP contribution in [0.5, 0.6) is 0 Å². The van der Waals surface area contributed by atoms with Gasteiger partial charge in [0.2, 0.25) is 0 Å². The molecule has 120 valence electrons. The molecule has 1 aliphatic rings. The summed E-state index contributed by atoms with van der Waals surface area (Å²) in [7, 11) is 0. The summed E-state index contributed by atoms with van der Waals surface area (Å²) in [4.78, 5) is 2.21. The van der Waals surface area contributed by atoms with E-state index >= 15 is 0 Å². The fourth-order valence-electron chi connectivity index (χ4n) is 3.59. The zero-order valence-corrected chi connectivity index (χ0v) is 14.9. The number of nitrogen functional groups attached to an aromatic ring is 1. The normalized spacial score (nSPS) is 11.7. The number of anilines is 1. The maximum Gasteiger partial charge on any atom is 0.0470 e. The standard InChI is InChI=1S/C22H14ClNS/c23-14-8-9-21(20(24)11-14)25-15-10-13-4-3-7-18-16-5-1-2-6-17(16)19(12-15)22(13)18/h1-12H,24H2. The highest BCUT2D eigenvalue weighted by atomic mass is 35.5. The molecule has 0 heterocycles. The lowest BCUT2D eigenvalue weighted by Crippen LogP contribution is -1.88. The number of rotatable bonds is 2. The van der Waals surface area contributed by atoms with Crippen LogP contribution >= 0.6 is 23.4 Å². The van der Waals surface area contributed by atoms with Gasteiger partial charge in [-0.1, -0.05) is 65.8 Å². The van der Waals surface area contributed by atoms with Crippen molar-refractivity contribution in [2.45, 2.75) is 9.79 Å². The maximum atomic E-state index is 6.13. The van der Waals surface area contributed by atoms with Crippen LogP contribution in [0.15, 0.2) is 82.6 Å². The van der Waals surface area contributed by atoms with Gasteiger partial charge in [-0.3, -0.25) is 0 Å². The summed E-state index contributed by atoms with van der Waals surface area (Å²) in [6.45, 7) is 0. The van der Waals surface area contributed by atoms with Gasteiger partial charge in [-0.05, 0) is 63.4 Å². The van der Waals surface area contributed by atoms with Crippen molar-refractivity contribution in [3.05, 3.63) is 77.8 Å². The van der Waals surface area contributed by atoms with Crippen molar-refractivity contribution in [1.29, 1.82) is 0 Å². The first kappa shape index (κ1) is 14.9. The van der Waals surface area contributed by atoms with Gasteiger partial charge >= 0.3 is 0 Å². The minimum atomic E-state index is 0.664. The fraction of sp³-hybridized carbons (Fsp3) is 0. The summed E-state index contributed by atoms with van der Waals surface area (Å²) < 4.78 is 0. The van der Waals surface area contributed by atoms with Gasteiger partial charge in [0.15, 0.2) is 0 Å². The van der Waals surface area contributed by atoms with Crippen LogP contribution in [-0.2, 0) is 0 Å². The van der Waals surface area contributed by atoms with Gasteiger partial charge in [0.05, 0.1) is 0 Å². The summed E-state index contributed by atoms with van der Waals surface area (Å²) >= 11 is 7.70. The van der Waals surface area contributed by atoms with Crippen molar-refractivity contribution in [3.8, 4) is 22.3 Å². The third kappa shape index (κ3) is 2.33. The lowest BCUT2D eigenvalue weighted by atomic mass is 10.0. The zero-order chi connectivity index (χ0) is 17.0. The summed E-state index contributed by atoms with van der Waals surface area (Å²) in [5.41, 5.74) is 12.1. The van der Waals surface area contributed by atoms with Crippen LogP contribution in [0.3, 0.4) is 0 Å². The van der Waals surface area contributed by atoms with Crippen LogP contribution < -0.4 is 5.73 Å². The average Bonchev–Trinajstić information content (AvgIpc) is 2.94. The monoisotopic (exact) mass is 359 g/mol. The minimum absolute atomic E-state index is 0.664. The van der Waals surface area contributed by atoms with Gasteiger partial charge in [0, 0.05) is 20.5 Å². The van der Waals surface area contributed by atoms with Gasteiger partial charge in [0.25, 0.3) is 0 Å². The van der Waals surface area contributed by atoms with E-state index in [1.165, 1.54) is 37.9 Å². The predicted molar refractivity (Wildman–Crippen MR) is 108 cm³/mol. The Morgan fingerprint density at radius 3 is 2.28 bits per heavy atom. The van der Waals surface area contributed by atoms with Crippen LogP contribution in [0.25, 0.3) is 33.0 Å². The molecular weight excluding hydrogens is 346 g/mol. The molecule has 0 bridgehead atoms. The van der Waals surface area contributed by atoms with Crippen LogP contribution in [0.2, 0.25) is 5.02 Å². The minimum Gasteiger partial charge on any atom is -0.398 e. The second-order valence-corrected chi connectivity index (χ2v) is 7.76. The molecule has 5 rings (SSSR count). The van der Waals surface area contributed by atoms with Gasteiger partial charge in [-0.25, -0.2) is 0 Å². The Kier molecular flexibility index (Phi) is 3.30. The molecule has 25 heavy (non-hydrogen) atoms. The highest BCUT2D eigenvalue weighted by Crippen LogP contribution is 2.49. The topological polar surface area (TPSA) is 26.0 Å². The Balaban J connectivity index is 1.70.